The number of fused-ring (bicyclic) bond motifs is 1. The first-order valence-corrected chi connectivity index (χ1v) is 11.1. The molecule has 9 heteroatoms. The van der Waals surface area contributed by atoms with Crippen LogP contribution in [0.5, 0.6) is 0 Å². The minimum atomic E-state index is -4.01. The van der Waals surface area contributed by atoms with Crippen molar-refractivity contribution >= 4 is 20.9 Å². The van der Waals surface area contributed by atoms with Gasteiger partial charge >= 0.3 is 0 Å². The smallest absolute Gasteiger partial charge is 0.251 e. The first-order valence-electron chi connectivity index (χ1n) is 9.64. The fourth-order valence-corrected chi connectivity index (χ4v) is 4.84. The number of sulfonamides is 1. The van der Waals surface area contributed by atoms with Crippen molar-refractivity contribution in [2.75, 3.05) is 0 Å². The van der Waals surface area contributed by atoms with E-state index in [1.807, 2.05) is 30.5 Å². The Morgan fingerprint density at radius 1 is 1.13 bits per heavy atom. The van der Waals surface area contributed by atoms with Crippen LogP contribution >= 0.6 is 0 Å². The average molecular weight is 441 g/mol. The van der Waals surface area contributed by atoms with E-state index in [2.05, 4.69) is 19.7 Å². The maximum Gasteiger partial charge on any atom is 0.251 e. The molecule has 0 aliphatic carbocycles. The molecule has 0 saturated heterocycles. The predicted molar refractivity (Wildman–Crippen MR) is 116 cm³/mol. The lowest BCUT2D eigenvalue weighted by Crippen LogP contribution is -2.32. The highest BCUT2D eigenvalue weighted by Crippen LogP contribution is 2.25. The minimum absolute atomic E-state index is 0.0584. The molecule has 0 aliphatic heterocycles. The second kappa shape index (κ2) is 8.09. The second-order valence-corrected chi connectivity index (χ2v) is 9.12. The van der Waals surface area contributed by atoms with Crippen LogP contribution in [0.1, 0.15) is 28.7 Å². The Morgan fingerprint density at radius 3 is 2.65 bits per heavy atom. The van der Waals surface area contributed by atoms with Gasteiger partial charge in [0, 0.05) is 23.2 Å². The van der Waals surface area contributed by atoms with Crippen LogP contribution in [0.4, 0.5) is 4.39 Å². The monoisotopic (exact) mass is 440 g/mol. The number of aromatic amines is 2. The third-order valence-electron chi connectivity index (χ3n) is 5.07. The van der Waals surface area contributed by atoms with E-state index in [-0.39, 0.29) is 22.4 Å². The first-order chi connectivity index (χ1) is 14.7. The van der Waals surface area contributed by atoms with Crippen molar-refractivity contribution in [3.8, 4) is 0 Å². The fourth-order valence-electron chi connectivity index (χ4n) is 3.55. The molecule has 1 atom stereocenters. The Hall–Kier alpha value is -3.30. The second-order valence-electron chi connectivity index (χ2n) is 7.40. The number of aryl methyl sites for hydroxylation is 2. The first kappa shape index (κ1) is 21.0. The number of halogens is 1. The van der Waals surface area contributed by atoms with Crippen LogP contribution in [-0.4, -0.2) is 23.4 Å². The maximum absolute atomic E-state index is 13.6. The molecule has 3 N–H and O–H groups in total. The largest absolute Gasteiger partial charge is 0.361 e. The molecular weight excluding hydrogens is 419 g/mol. The van der Waals surface area contributed by atoms with Gasteiger partial charge in [-0.3, -0.25) is 4.79 Å². The molecule has 2 heterocycles. The fraction of sp³-hybridized carbons (Fsp3) is 0.182. The number of hydrogen-bond donors (Lipinski definition) is 3. The zero-order valence-electron chi connectivity index (χ0n) is 16.9. The van der Waals surface area contributed by atoms with E-state index in [4.69, 9.17) is 0 Å². The van der Waals surface area contributed by atoms with Crippen LogP contribution in [0.2, 0.25) is 0 Å². The highest BCUT2D eigenvalue weighted by atomic mass is 32.2. The van der Waals surface area contributed by atoms with Gasteiger partial charge in [-0.15, -0.1) is 0 Å². The van der Waals surface area contributed by atoms with Crippen molar-refractivity contribution in [3.63, 3.8) is 0 Å². The number of para-hydroxylation sites is 1. The Morgan fingerprint density at radius 2 is 1.90 bits per heavy atom. The average Bonchev–Trinajstić information content (AvgIpc) is 3.11. The third kappa shape index (κ3) is 4.42. The summed E-state index contributed by atoms with van der Waals surface area (Å²) in [5.41, 5.74) is 1.94. The maximum atomic E-state index is 13.6. The SMILES string of the molecule is Cc1nc([C@@H](Cc2c[nH]c3ccccc23)NS(=O)(=O)c2ccc(F)c(C)c2)cc(=O)[nH]1. The molecular formula is C22H21FN4O3S. The van der Waals surface area contributed by atoms with E-state index >= 15 is 0 Å². The molecule has 0 saturated carbocycles. The molecule has 0 amide bonds. The van der Waals surface area contributed by atoms with Crippen LogP contribution in [0.15, 0.2) is 64.4 Å². The molecule has 160 valence electrons. The van der Waals surface area contributed by atoms with Crippen LogP contribution in [0.25, 0.3) is 10.9 Å². The lowest BCUT2D eigenvalue weighted by Gasteiger charge is -2.19. The predicted octanol–water partition coefficient (Wildman–Crippen LogP) is 3.27. The van der Waals surface area contributed by atoms with Crippen molar-refractivity contribution in [1.82, 2.24) is 19.7 Å². The zero-order chi connectivity index (χ0) is 22.2. The normalized spacial score (nSPS) is 12.9. The molecule has 0 spiro atoms. The number of nitrogens with one attached hydrogen (secondary N) is 3. The number of H-pyrrole nitrogens is 2. The summed E-state index contributed by atoms with van der Waals surface area (Å²) in [6, 6.07) is 11.7. The standard InChI is InChI=1S/C22H21FN4O3S/c1-13-9-16(7-8-18(13)23)31(29,30)27-21(20-11-22(28)26-14(2)25-20)10-15-12-24-19-6-4-3-5-17(15)19/h3-9,11-12,21,24,27H,10H2,1-2H3,(H,25,26,28)/t21-/m1/s1. The summed E-state index contributed by atoms with van der Waals surface area (Å²) in [6.45, 7) is 3.13. The van der Waals surface area contributed by atoms with Gasteiger partial charge in [0.15, 0.2) is 0 Å². The topological polar surface area (TPSA) is 108 Å². The van der Waals surface area contributed by atoms with Gasteiger partial charge in [-0.25, -0.2) is 22.5 Å². The van der Waals surface area contributed by atoms with E-state index < -0.39 is 21.9 Å². The van der Waals surface area contributed by atoms with E-state index in [1.165, 1.54) is 25.1 Å². The number of aromatic nitrogens is 3. The Balaban J connectivity index is 1.76. The van der Waals surface area contributed by atoms with Crippen molar-refractivity contribution in [2.45, 2.75) is 31.2 Å². The van der Waals surface area contributed by atoms with Crippen LogP contribution in [0.3, 0.4) is 0 Å². The number of nitrogens with zero attached hydrogens (tertiary/aromatic N) is 1. The summed E-state index contributed by atoms with van der Waals surface area (Å²) < 4.78 is 42.5. The van der Waals surface area contributed by atoms with Gasteiger partial charge < -0.3 is 9.97 Å². The van der Waals surface area contributed by atoms with E-state index in [0.717, 1.165) is 22.5 Å². The van der Waals surface area contributed by atoms with Crippen molar-refractivity contribution in [2.24, 2.45) is 0 Å². The van der Waals surface area contributed by atoms with E-state index in [0.29, 0.717) is 11.5 Å². The van der Waals surface area contributed by atoms with Crippen molar-refractivity contribution < 1.29 is 12.8 Å². The summed E-state index contributed by atoms with van der Waals surface area (Å²) in [4.78, 5) is 22.1. The van der Waals surface area contributed by atoms with E-state index in [9.17, 15) is 17.6 Å². The minimum Gasteiger partial charge on any atom is -0.361 e. The van der Waals surface area contributed by atoms with Gasteiger partial charge in [0.25, 0.3) is 5.56 Å². The van der Waals surface area contributed by atoms with Crippen LogP contribution in [0, 0.1) is 19.7 Å². The van der Waals surface area contributed by atoms with Gasteiger partial charge in [-0.2, -0.15) is 0 Å². The summed E-state index contributed by atoms with van der Waals surface area (Å²) >= 11 is 0. The van der Waals surface area contributed by atoms with Gasteiger partial charge in [-0.1, -0.05) is 18.2 Å². The summed E-state index contributed by atoms with van der Waals surface area (Å²) in [7, 11) is -4.01. The molecule has 31 heavy (non-hydrogen) atoms. The molecule has 4 rings (SSSR count). The van der Waals surface area contributed by atoms with Gasteiger partial charge in [0.2, 0.25) is 10.0 Å². The van der Waals surface area contributed by atoms with E-state index in [1.54, 1.807) is 6.92 Å². The van der Waals surface area contributed by atoms with Crippen molar-refractivity contribution in [1.29, 1.82) is 0 Å². The molecule has 4 aromatic rings. The van der Waals surface area contributed by atoms with Gasteiger partial charge in [0.05, 0.1) is 16.6 Å². The molecule has 0 fully saturated rings. The number of benzene rings is 2. The number of rotatable bonds is 6. The Labute approximate surface area is 178 Å². The van der Waals surface area contributed by atoms with Crippen LogP contribution < -0.4 is 10.3 Å². The highest BCUT2D eigenvalue weighted by Gasteiger charge is 2.25. The molecule has 0 radical (unpaired) electrons. The zero-order valence-corrected chi connectivity index (χ0v) is 17.8. The van der Waals surface area contributed by atoms with Gasteiger partial charge in [-0.05, 0) is 55.7 Å². The molecule has 2 aromatic carbocycles. The molecule has 0 aliphatic rings. The third-order valence-corrected chi connectivity index (χ3v) is 6.54. The summed E-state index contributed by atoms with van der Waals surface area (Å²) in [6.07, 6.45) is 2.08. The highest BCUT2D eigenvalue weighted by molar-refractivity contribution is 7.89. The lowest BCUT2D eigenvalue weighted by molar-refractivity contribution is 0.548. The Kier molecular flexibility index (Phi) is 5.47. The van der Waals surface area contributed by atoms with Gasteiger partial charge in [0.1, 0.15) is 11.6 Å². The van der Waals surface area contributed by atoms with Crippen LogP contribution in [-0.2, 0) is 16.4 Å². The lowest BCUT2D eigenvalue weighted by atomic mass is 10.0. The molecule has 0 unspecified atom stereocenters. The summed E-state index contributed by atoms with van der Waals surface area (Å²) in [5, 5.41) is 0.950. The summed E-state index contributed by atoms with van der Waals surface area (Å²) in [5.74, 6) is -0.107. The number of hydrogen-bond acceptors (Lipinski definition) is 4. The van der Waals surface area contributed by atoms with Crippen molar-refractivity contribution in [3.05, 3.63) is 93.5 Å². The molecule has 0 bridgehead atoms. The Bertz CT molecular complexity index is 1430. The molecule has 2 aromatic heterocycles. The quantitative estimate of drug-likeness (QED) is 0.428. The molecule has 7 nitrogen and oxygen atoms in total.